The van der Waals surface area contributed by atoms with Gasteiger partial charge in [-0.15, -0.1) is 0 Å². The van der Waals surface area contributed by atoms with Crippen molar-refractivity contribution in [3.63, 3.8) is 0 Å². The van der Waals surface area contributed by atoms with Gasteiger partial charge < -0.3 is 9.64 Å². The highest BCUT2D eigenvalue weighted by Crippen LogP contribution is 2.27. The molecule has 0 aliphatic carbocycles. The summed E-state index contributed by atoms with van der Waals surface area (Å²) in [5, 5.41) is 0. The molecule has 2 heterocycles. The van der Waals surface area contributed by atoms with E-state index in [0.717, 1.165) is 22.5 Å². The van der Waals surface area contributed by atoms with E-state index in [0.29, 0.717) is 48.5 Å². The predicted octanol–water partition coefficient (Wildman–Crippen LogP) is 4.01. The Balaban J connectivity index is 1.50. The SMILES string of the molecule is Cc1nc(Oc2ccccc2)cc(N2CCN(S(=O)(=O)c3cc(C)c(C)cc3C)CC2)n1. The van der Waals surface area contributed by atoms with E-state index < -0.39 is 10.0 Å². The Hall–Kier alpha value is -2.97. The zero-order valence-corrected chi connectivity index (χ0v) is 19.7. The number of hydrogen-bond acceptors (Lipinski definition) is 6. The minimum absolute atomic E-state index is 0.394. The summed E-state index contributed by atoms with van der Waals surface area (Å²) in [4.78, 5) is 11.4. The molecule has 0 radical (unpaired) electrons. The summed E-state index contributed by atoms with van der Waals surface area (Å²) in [5.74, 6) is 2.52. The molecule has 32 heavy (non-hydrogen) atoms. The molecule has 1 aliphatic rings. The molecule has 0 saturated carbocycles. The van der Waals surface area contributed by atoms with E-state index in [-0.39, 0.29) is 0 Å². The third-order valence-electron chi connectivity index (χ3n) is 5.74. The van der Waals surface area contributed by atoms with Gasteiger partial charge in [-0.2, -0.15) is 9.29 Å². The van der Waals surface area contributed by atoms with Crippen LogP contribution < -0.4 is 9.64 Å². The first-order chi connectivity index (χ1) is 15.2. The van der Waals surface area contributed by atoms with Crippen LogP contribution in [0.1, 0.15) is 22.5 Å². The summed E-state index contributed by atoms with van der Waals surface area (Å²) >= 11 is 0. The standard InChI is InChI=1S/C24H28N4O3S/c1-17-14-19(3)22(15-18(17)2)32(29,30)28-12-10-27(11-13-28)23-16-24(26-20(4)25-23)31-21-8-6-5-7-9-21/h5-9,14-16H,10-13H2,1-4H3. The number of ether oxygens (including phenoxy) is 1. The van der Waals surface area contributed by atoms with Crippen LogP contribution in [0.15, 0.2) is 53.4 Å². The van der Waals surface area contributed by atoms with E-state index in [1.165, 1.54) is 0 Å². The zero-order chi connectivity index (χ0) is 22.9. The van der Waals surface area contributed by atoms with Crippen molar-refractivity contribution >= 4 is 15.8 Å². The number of hydrogen-bond donors (Lipinski definition) is 0. The molecule has 0 unspecified atom stereocenters. The van der Waals surface area contributed by atoms with E-state index in [1.54, 1.807) is 16.4 Å². The molecule has 1 aromatic heterocycles. The number of piperazine rings is 1. The molecule has 2 aromatic carbocycles. The Labute approximate surface area is 189 Å². The van der Waals surface area contributed by atoms with Crippen molar-refractivity contribution in [2.24, 2.45) is 0 Å². The summed E-state index contributed by atoms with van der Waals surface area (Å²) in [6, 6.07) is 15.0. The zero-order valence-electron chi connectivity index (χ0n) is 18.9. The molecule has 4 rings (SSSR count). The predicted molar refractivity (Wildman–Crippen MR) is 125 cm³/mol. The first-order valence-electron chi connectivity index (χ1n) is 10.7. The molecule has 0 amide bonds. The summed E-state index contributed by atoms with van der Waals surface area (Å²) < 4.78 is 34.0. The molecule has 168 valence electrons. The van der Waals surface area contributed by atoms with Gasteiger partial charge in [-0.25, -0.2) is 13.4 Å². The summed E-state index contributed by atoms with van der Waals surface area (Å²) in [6.45, 7) is 9.50. The van der Waals surface area contributed by atoms with Crippen LogP contribution in [0, 0.1) is 27.7 Å². The van der Waals surface area contributed by atoms with Gasteiger partial charge in [0.1, 0.15) is 17.4 Å². The largest absolute Gasteiger partial charge is 0.439 e. The van der Waals surface area contributed by atoms with E-state index in [9.17, 15) is 8.42 Å². The summed E-state index contributed by atoms with van der Waals surface area (Å²) in [6.07, 6.45) is 0. The van der Waals surface area contributed by atoms with Crippen LogP contribution in [-0.4, -0.2) is 48.9 Å². The second-order valence-corrected chi connectivity index (χ2v) is 10.0. The van der Waals surface area contributed by atoms with Crippen molar-refractivity contribution in [3.8, 4) is 11.6 Å². The molecule has 0 N–H and O–H groups in total. The van der Waals surface area contributed by atoms with Gasteiger partial charge in [0.05, 0.1) is 4.90 Å². The number of aryl methyl sites for hydroxylation is 4. The Kier molecular flexibility index (Phi) is 6.17. The average molecular weight is 453 g/mol. The molecule has 0 bridgehead atoms. The third-order valence-corrected chi connectivity index (χ3v) is 7.78. The minimum Gasteiger partial charge on any atom is -0.439 e. The fraction of sp³-hybridized carbons (Fsp3) is 0.333. The van der Waals surface area contributed by atoms with E-state index >= 15 is 0 Å². The topological polar surface area (TPSA) is 75.6 Å². The van der Waals surface area contributed by atoms with Gasteiger partial charge in [0.25, 0.3) is 0 Å². The molecular weight excluding hydrogens is 424 g/mol. The molecule has 0 atom stereocenters. The maximum absolute atomic E-state index is 13.3. The molecule has 1 fully saturated rings. The van der Waals surface area contributed by atoms with Gasteiger partial charge in [0.2, 0.25) is 15.9 Å². The number of para-hydroxylation sites is 1. The Morgan fingerprint density at radius 1 is 0.812 bits per heavy atom. The fourth-order valence-electron chi connectivity index (χ4n) is 3.86. The van der Waals surface area contributed by atoms with Crippen LogP contribution in [0.5, 0.6) is 11.6 Å². The number of sulfonamides is 1. The number of anilines is 1. The minimum atomic E-state index is -3.55. The van der Waals surface area contributed by atoms with Gasteiger partial charge in [-0.3, -0.25) is 0 Å². The Morgan fingerprint density at radius 3 is 2.16 bits per heavy atom. The van der Waals surface area contributed by atoms with Crippen molar-refractivity contribution < 1.29 is 13.2 Å². The lowest BCUT2D eigenvalue weighted by Crippen LogP contribution is -2.49. The normalized spacial score (nSPS) is 15.1. The molecular formula is C24H28N4O3S. The van der Waals surface area contributed by atoms with Gasteiger partial charge in [0, 0.05) is 32.2 Å². The van der Waals surface area contributed by atoms with Crippen LogP contribution >= 0.6 is 0 Å². The fourth-order valence-corrected chi connectivity index (χ4v) is 5.57. The maximum Gasteiger partial charge on any atom is 0.243 e. The quantitative estimate of drug-likeness (QED) is 0.582. The highest BCUT2D eigenvalue weighted by atomic mass is 32.2. The van der Waals surface area contributed by atoms with Crippen LogP contribution in [0.4, 0.5) is 5.82 Å². The second-order valence-electron chi connectivity index (χ2n) is 8.12. The van der Waals surface area contributed by atoms with Crippen LogP contribution in [-0.2, 0) is 10.0 Å². The number of rotatable bonds is 5. The summed E-state index contributed by atoms with van der Waals surface area (Å²) in [5.41, 5.74) is 2.86. The molecule has 0 spiro atoms. The average Bonchev–Trinajstić information content (AvgIpc) is 2.76. The van der Waals surface area contributed by atoms with Crippen molar-refractivity contribution in [2.75, 3.05) is 31.1 Å². The Morgan fingerprint density at radius 2 is 1.47 bits per heavy atom. The van der Waals surface area contributed by atoms with Crippen LogP contribution in [0.25, 0.3) is 0 Å². The number of nitrogens with zero attached hydrogens (tertiary/aromatic N) is 4. The van der Waals surface area contributed by atoms with E-state index in [1.807, 2.05) is 64.1 Å². The van der Waals surface area contributed by atoms with E-state index in [4.69, 9.17) is 4.74 Å². The number of aromatic nitrogens is 2. The lowest BCUT2D eigenvalue weighted by atomic mass is 10.1. The highest BCUT2D eigenvalue weighted by molar-refractivity contribution is 7.89. The summed E-state index contributed by atoms with van der Waals surface area (Å²) in [7, 11) is -3.55. The lowest BCUT2D eigenvalue weighted by Gasteiger charge is -2.35. The van der Waals surface area contributed by atoms with Crippen molar-refractivity contribution in [3.05, 3.63) is 71.0 Å². The Bertz CT molecular complexity index is 1220. The smallest absolute Gasteiger partial charge is 0.243 e. The highest BCUT2D eigenvalue weighted by Gasteiger charge is 2.30. The van der Waals surface area contributed by atoms with Gasteiger partial charge in [-0.1, -0.05) is 24.3 Å². The van der Waals surface area contributed by atoms with Crippen molar-refractivity contribution in [1.82, 2.24) is 14.3 Å². The second kappa shape index (κ2) is 8.88. The van der Waals surface area contributed by atoms with Crippen molar-refractivity contribution in [1.29, 1.82) is 0 Å². The van der Waals surface area contributed by atoms with Gasteiger partial charge in [0.15, 0.2) is 0 Å². The van der Waals surface area contributed by atoms with Crippen LogP contribution in [0.2, 0.25) is 0 Å². The van der Waals surface area contributed by atoms with Crippen molar-refractivity contribution in [2.45, 2.75) is 32.6 Å². The molecule has 3 aromatic rings. The molecule has 1 saturated heterocycles. The molecule has 1 aliphatic heterocycles. The number of benzene rings is 2. The maximum atomic E-state index is 13.3. The third kappa shape index (κ3) is 4.61. The molecule has 7 nitrogen and oxygen atoms in total. The van der Waals surface area contributed by atoms with Gasteiger partial charge >= 0.3 is 0 Å². The first kappa shape index (κ1) is 22.2. The molecule has 8 heteroatoms. The monoisotopic (exact) mass is 452 g/mol. The van der Waals surface area contributed by atoms with E-state index in [2.05, 4.69) is 14.9 Å². The van der Waals surface area contributed by atoms with Gasteiger partial charge in [-0.05, 0) is 62.6 Å². The van der Waals surface area contributed by atoms with Crippen LogP contribution in [0.3, 0.4) is 0 Å². The lowest BCUT2D eigenvalue weighted by molar-refractivity contribution is 0.382. The first-order valence-corrected chi connectivity index (χ1v) is 12.1.